The molecule has 0 saturated carbocycles. The van der Waals surface area contributed by atoms with Crippen LogP contribution in [0.3, 0.4) is 0 Å². The van der Waals surface area contributed by atoms with E-state index in [0.29, 0.717) is 11.5 Å². The van der Waals surface area contributed by atoms with Gasteiger partial charge in [0.05, 0.1) is 0 Å². The summed E-state index contributed by atoms with van der Waals surface area (Å²) in [5.74, 6) is -0.483. The van der Waals surface area contributed by atoms with Crippen LogP contribution in [-0.4, -0.2) is 11.1 Å². The average molecular weight is 168 g/mol. The number of hydrogen-bond acceptors (Lipinski definition) is 1. The molecule has 1 atom stereocenters. The minimum atomic E-state index is -0.844. The summed E-state index contributed by atoms with van der Waals surface area (Å²) in [4.78, 5) is 10.4. The summed E-state index contributed by atoms with van der Waals surface area (Å²) >= 11 is 0. The van der Waals surface area contributed by atoms with Gasteiger partial charge in [-0.25, -0.2) is 4.79 Å². The lowest BCUT2D eigenvalue weighted by molar-refractivity contribution is -0.132. The zero-order valence-corrected chi connectivity index (χ0v) is 7.92. The Labute approximate surface area is 73.6 Å². The predicted octanol–water partition coefficient (Wildman–Crippen LogP) is 2.62. The number of carbonyl (C=O) groups is 1. The van der Waals surface area contributed by atoms with Crippen LogP contribution in [0.5, 0.6) is 0 Å². The van der Waals surface area contributed by atoms with Crippen molar-refractivity contribution in [3.63, 3.8) is 0 Å². The zero-order chi connectivity index (χ0) is 9.72. The maximum absolute atomic E-state index is 10.4. The van der Waals surface area contributed by atoms with Crippen LogP contribution >= 0.6 is 0 Å². The molecule has 0 bridgehead atoms. The maximum atomic E-state index is 10.4. The predicted molar refractivity (Wildman–Crippen MR) is 50.0 cm³/mol. The van der Waals surface area contributed by atoms with Gasteiger partial charge < -0.3 is 5.11 Å². The molecule has 12 heavy (non-hydrogen) atoms. The van der Waals surface area contributed by atoms with Gasteiger partial charge in [-0.15, -0.1) is 0 Å². The van der Waals surface area contributed by atoms with Crippen molar-refractivity contribution in [1.82, 2.24) is 0 Å². The van der Waals surface area contributed by atoms with Crippen molar-refractivity contribution >= 4 is 5.97 Å². The molecule has 0 aliphatic rings. The van der Waals surface area contributed by atoms with Crippen molar-refractivity contribution in [2.45, 2.75) is 27.2 Å². The third-order valence-corrected chi connectivity index (χ3v) is 1.96. The van der Waals surface area contributed by atoms with E-state index in [2.05, 4.69) is 6.58 Å². The van der Waals surface area contributed by atoms with Gasteiger partial charge in [0, 0.05) is 5.57 Å². The molecule has 2 nitrogen and oxygen atoms in total. The lowest BCUT2D eigenvalue weighted by atomic mass is 9.99. The Morgan fingerprint density at radius 1 is 1.58 bits per heavy atom. The lowest BCUT2D eigenvalue weighted by Crippen LogP contribution is -1.98. The Morgan fingerprint density at radius 3 is 2.42 bits per heavy atom. The molecule has 1 N–H and O–H groups in total. The van der Waals surface area contributed by atoms with Gasteiger partial charge in [0.2, 0.25) is 0 Å². The first kappa shape index (κ1) is 11.0. The molecule has 0 radical (unpaired) electrons. The number of carboxylic acid groups (broad SMARTS) is 1. The Bertz CT molecular complexity index is 214. The third-order valence-electron chi connectivity index (χ3n) is 1.96. The van der Waals surface area contributed by atoms with Gasteiger partial charge in [0.1, 0.15) is 0 Å². The molecule has 0 aromatic heterocycles. The fourth-order valence-corrected chi connectivity index (χ4v) is 0.642. The summed E-state index contributed by atoms with van der Waals surface area (Å²) in [5.41, 5.74) is 1.49. The molecule has 0 aliphatic heterocycles. The van der Waals surface area contributed by atoms with E-state index in [0.717, 1.165) is 12.0 Å². The molecule has 0 saturated heterocycles. The van der Waals surface area contributed by atoms with Crippen LogP contribution in [0, 0.1) is 5.92 Å². The van der Waals surface area contributed by atoms with Crippen LogP contribution in [0.25, 0.3) is 0 Å². The van der Waals surface area contributed by atoms with E-state index >= 15 is 0 Å². The smallest absolute Gasteiger partial charge is 0.330 e. The summed E-state index contributed by atoms with van der Waals surface area (Å²) in [6, 6.07) is 0. The highest BCUT2D eigenvalue weighted by molar-refractivity contribution is 5.85. The molecule has 0 aliphatic carbocycles. The van der Waals surface area contributed by atoms with E-state index in [4.69, 9.17) is 5.11 Å². The number of rotatable bonds is 4. The van der Waals surface area contributed by atoms with Crippen molar-refractivity contribution in [3.8, 4) is 0 Å². The van der Waals surface area contributed by atoms with E-state index in [9.17, 15) is 4.79 Å². The minimum Gasteiger partial charge on any atom is -0.478 e. The van der Waals surface area contributed by atoms with E-state index in [1.165, 1.54) is 0 Å². The highest BCUT2D eigenvalue weighted by Gasteiger charge is 2.02. The molecule has 0 spiro atoms. The lowest BCUT2D eigenvalue weighted by Gasteiger charge is -2.06. The number of carboxylic acids is 1. The minimum absolute atomic E-state index is 0.360. The second kappa shape index (κ2) is 4.75. The van der Waals surface area contributed by atoms with E-state index in [1.54, 1.807) is 13.0 Å². The first-order valence-electron chi connectivity index (χ1n) is 4.00. The monoisotopic (exact) mass is 168 g/mol. The van der Waals surface area contributed by atoms with Crippen molar-refractivity contribution in [2.24, 2.45) is 5.92 Å². The molecule has 2 heteroatoms. The van der Waals surface area contributed by atoms with Crippen LogP contribution in [0.15, 0.2) is 23.8 Å². The molecule has 0 heterocycles. The molecular weight excluding hydrogens is 152 g/mol. The van der Waals surface area contributed by atoms with Crippen LogP contribution < -0.4 is 0 Å². The Hall–Kier alpha value is -1.05. The van der Waals surface area contributed by atoms with Crippen LogP contribution in [0.4, 0.5) is 0 Å². The van der Waals surface area contributed by atoms with E-state index in [-0.39, 0.29) is 0 Å². The maximum Gasteiger partial charge on any atom is 0.330 e. The van der Waals surface area contributed by atoms with Gasteiger partial charge in [0.25, 0.3) is 0 Å². The van der Waals surface area contributed by atoms with Crippen LogP contribution in [-0.2, 0) is 4.79 Å². The quantitative estimate of drug-likeness (QED) is 0.517. The summed E-state index contributed by atoms with van der Waals surface area (Å²) in [6.45, 7) is 9.39. The zero-order valence-electron chi connectivity index (χ0n) is 7.92. The average Bonchev–Trinajstić information content (AvgIpc) is 1.98. The normalized spacial score (nSPS) is 14.1. The van der Waals surface area contributed by atoms with Gasteiger partial charge in [-0.2, -0.15) is 0 Å². The Kier molecular flexibility index (Phi) is 4.34. The second-order valence-electron chi connectivity index (χ2n) is 3.18. The number of hydrogen-bond donors (Lipinski definition) is 1. The highest BCUT2D eigenvalue weighted by atomic mass is 16.4. The second-order valence-corrected chi connectivity index (χ2v) is 3.18. The molecule has 0 fully saturated rings. The van der Waals surface area contributed by atoms with E-state index in [1.807, 2.05) is 13.8 Å². The summed E-state index contributed by atoms with van der Waals surface area (Å²) < 4.78 is 0. The first-order chi connectivity index (χ1) is 5.45. The fourth-order valence-electron chi connectivity index (χ4n) is 0.642. The molecule has 0 aromatic carbocycles. The molecule has 1 unspecified atom stereocenters. The van der Waals surface area contributed by atoms with Crippen LogP contribution in [0.2, 0.25) is 0 Å². The van der Waals surface area contributed by atoms with Gasteiger partial charge >= 0.3 is 5.97 Å². The number of allylic oxidation sites excluding steroid dienone is 2. The summed E-state index contributed by atoms with van der Waals surface area (Å²) in [5, 5.41) is 8.54. The van der Waals surface area contributed by atoms with Crippen molar-refractivity contribution in [1.29, 1.82) is 0 Å². The van der Waals surface area contributed by atoms with Gasteiger partial charge in [-0.3, -0.25) is 0 Å². The third kappa shape index (κ3) is 3.96. The number of aliphatic carboxylic acids is 1. The van der Waals surface area contributed by atoms with Crippen molar-refractivity contribution in [3.05, 3.63) is 23.8 Å². The van der Waals surface area contributed by atoms with Gasteiger partial charge in [-0.1, -0.05) is 25.2 Å². The summed E-state index contributed by atoms with van der Waals surface area (Å²) in [7, 11) is 0. The standard InChI is InChI=1S/C10H16O2/c1-7(2)8(3)5-6-9(4)10(11)12/h6,8H,1,5H2,2-4H3,(H,11,12)/b9-6+. The first-order valence-corrected chi connectivity index (χ1v) is 4.00. The molecule has 0 amide bonds. The van der Waals surface area contributed by atoms with Gasteiger partial charge in [0.15, 0.2) is 0 Å². The molecule has 0 aromatic rings. The SMILES string of the molecule is C=C(C)C(C)C/C=C(\C)C(=O)O. The van der Waals surface area contributed by atoms with Crippen molar-refractivity contribution < 1.29 is 9.90 Å². The topological polar surface area (TPSA) is 37.3 Å². The fraction of sp³-hybridized carbons (Fsp3) is 0.500. The Morgan fingerprint density at radius 2 is 2.08 bits per heavy atom. The summed E-state index contributed by atoms with van der Waals surface area (Å²) in [6.07, 6.45) is 2.50. The Balaban J connectivity index is 4.04. The van der Waals surface area contributed by atoms with Gasteiger partial charge in [-0.05, 0) is 26.2 Å². The largest absolute Gasteiger partial charge is 0.478 e. The van der Waals surface area contributed by atoms with E-state index < -0.39 is 5.97 Å². The highest BCUT2D eigenvalue weighted by Crippen LogP contribution is 2.13. The molecular formula is C10H16O2. The molecule has 0 rings (SSSR count). The van der Waals surface area contributed by atoms with Crippen molar-refractivity contribution in [2.75, 3.05) is 0 Å². The van der Waals surface area contributed by atoms with Crippen LogP contribution in [0.1, 0.15) is 27.2 Å². The molecule has 68 valence electrons.